The van der Waals surface area contributed by atoms with Gasteiger partial charge in [0, 0.05) is 22.9 Å². The van der Waals surface area contributed by atoms with Crippen LogP contribution >= 0.6 is 0 Å². The smallest absolute Gasteiger partial charge is 0.328 e. The standard InChI is InChI=1S/C35H26N2O5/c1-19(35(41)42-2)36-32(38)28(18-20-8-4-3-5-9-20)37-33(39)26-16-14-24-22-12-6-10-21-11-7-13-23(29(21)22)25-15-17-27(34(37)40)31(26)30(24)25/h3-17,19,28H,18H2,1-2H3,(H,36,38)/t19-,28-/m1/s1. The van der Waals surface area contributed by atoms with Crippen LogP contribution in [0.25, 0.3) is 43.1 Å². The number of hydrogen-bond acceptors (Lipinski definition) is 5. The summed E-state index contributed by atoms with van der Waals surface area (Å²) in [6.07, 6.45) is 0.0854. The molecule has 42 heavy (non-hydrogen) atoms. The van der Waals surface area contributed by atoms with Crippen molar-refractivity contribution in [3.8, 4) is 0 Å². The zero-order valence-corrected chi connectivity index (χ0v) is 23.0. The molecule has 0 radical (unpaired) electrons. The molecule has 0 unspecified atom stereocenters. The molecule has 0 aromatic heterocycles. The van der Waals surface area contributed by atoms with Crippen LogP contribution in [0.2, 0.25) is 0 Å². The molecule has 6 aromatic rings. The summed E-state index contributed by atoms with van der Waals surface area (Å²) in [7, 11) is 1.23. The number of fused-ring (bicyclic) bond motifs is 2. The van der Waals surface area contributed by atoms with E-state index in [1.54, 1.807) is 12.1 Å². The van der Waals surface area contributed by atoms with Crippen LogP contribution in [0.3, 0.4) is 0 Å². The number of ether oxygens (including phenoxy) is 1. The fourth-order valence-corrected chi connectivity index (χ4v) is 6.41. The second-order valence-electron chi connectivity index (χ2n) is 10.7. The fraction of sp³-hybridized carbons (Fsp3) is 0.143. The Morgan fingerprint density at radius 2 is 1.29 bits per heavy atom. The van der Waals surface area contributed by atoms with Crippen LogP contribution in [0.5, 0.6) is 0 Å². The van der Waals surface area contributed by atoms with E-state index >= 15 is 0 Å². The predicted molar refractivity (Wildman–Crippen MR) is 162 cm³/mol. The number of methoxy groups -OCH3 is 1. The number of esters is 1. The van der Waals surface area contributed by atoms with Gasteiger partial charge in [0.1, 0.15) is 12.1 Å². The van der Waals surface area contributed by atoms with Gasteiger partial charge in [-0.25, -0.2) is 4.79 Å². The van der Waals surface area contributed by atoms with Crippen LogP contribution in [0, 0.1) is 0 Å². The maximum Gasteiger partial charge on any atom is 0.328 e. The van der Waals surface area contributed by atoms with Gasteiger partial charge in [0.2, 0.25) is 5.91 Å². The minimum absolute atomic E-state index is 0.0854. The quantitative estimate of drug-likeness (QED) is 0.125. The summed E-state index contributed by atoms with van der Waals surface area (Å²) in [4.78, 5) is 55.3. The lowest BCUT2D eigenvalue weighted by Gasteiger charge is -2.34. The van der Waals surface area contributed by atoms with Crippen LogP contribution in [0.1, 0.15) is 33.2 Å². The number of rotatable bonds is 6. The number of imide groups is 1. The normalized spacial score (nSPS) is 14.6. The van der Waals surface area contributed by atoms with Crippen LogP contribution in [0.4, 0.5) is 0 Å². The molecule has 7 rings (SSSR count). The number of hydrogen-bond donors (Lipinski definition) is 1. The van der Waals surface area contributed by atoms with E-state index < -0.39 is 35.8 Å². The van der Waals surface area contributed by atoms with Crippen molar-refractivity contribution in [3.63, 3.8) is 0 Å². The Balaban J connectivity index is 1.41. The van der Waals surface area contributed by atoms with E-state index in [1.165, 1.54) is 14.0 Å². The summed E-state index contributed by atoms with van der Waals surface area (Å²) in [5, 5.41) is 10.4. The third-order valence-electron chi connectivity index (χ3n) is 8.34. The molecule has 2 atom stereocenters. The van der Waals surface area contributed by atoms with E-state index in [4.69, 9.17) is 4.74 Å². The number of carbonyl (C=O) groups excluding carboxylic acids is 4. The zero-order chi connectivity index (χ0) is 29.1. The first-order chi connectivity index (χ1) is 20.4. The van der Waals surface area contributed by atoms with Crippen LogP contribution in [0.15, 0.2) is 91.0 Å². The Labute approximate surface area is 241 Å². The van der Waals surface area contributed by atoms with Crippen molar-refractivity contribution < 1.29 is 23.9 Å². The largest absolute Gasteiger partial charge is 0.467 e. The molecule has 0 saturated carbocycles. The van der Waals surface area contributed by atoms with Crippen molar-refractivity contribution in [2.24, 2.45) is 0 Å². The van der Waals surface area contributed by atoms with Crippen molar-refractivity contribution in [2.45, 2.75) is 25.4 Å². The van der Waals surface area contributed by atoms with Gasteiger partial charge in [-0.2, -0.15) is 0 Å². The Kier molecular flexibility index (Phi) is 5.90. The van der Waals surface area contributed by atoms with Crippen LogP contribution < -0.4 is 5.32 Å². The molecule has 6 aromatic carbocycles. The first kappa shape index (κ1) is 25.7. The van der Waals surface area contributed by atoms with Gasteiger partial charge in [0.05, 0.1) is 7.11 Å². The van der Waals surface area contributed by atoms with Gasteiger partial charge >= 0.3 is 5.97 Å². The summed E-state index contributed by atoms with van der Waals surface area (Å²) >= 11 is 0. The highest BCUT2D eigenvalue weighted by molar-refractivity contribution is 6.38. The average molecular weight is 555 g/mol. The minimum Gasteiger partial charge on any atom is -0.467 e. The average Bonchev–Trinajstić information content (AvgIpc) is 3.02. The molecule has 206 valence electrons. The third kappa shape index (κ3) is 3.74. The van der Waals surface area contributed by atoms with E-state index in [0.717, 1.165) is 48.2 Å². The zero-order valence-electron chi connectivity index (χ0n) is 23.0. The van der Waals surface area contributed by atoms with E-state index in [-0.39, 0.29) is 6.42 Å². The van der Waals surface area contributed by atoms with Crippen molar-refractivity contribution in [1.82, 2.24) is 10.2 Å². The van der Waals surface area contributed by atoms with Crippen LogP contribution in [-0.4, -0.2) is 47.8 Å². The lowest BCUT2D eigenvalue weighted by Crippen LogP contribution is -2.56. The van der Waals surface area contributed by atoms with Gasteiger partial charge in [-0.1, -0.05) is 78.9 Å². The summed E-state index contributed by atoms with van der Waals surface area (Å²) in [6.45, 7) is 1.50. The second kappa shape index (κ2) is 9.66. The van der Waals surface area contributed by atoms with Gasteiger partial charge in [-0.3, -0.25) is 19.3 Å². The molecule has 0 saturated heterocycles. The number of nitrogens with one attached hydrogen (secondary N) is 1. The molecule has 7 nitrogen and oxygen atoms in total. The van der Waals surface area contributed by atoms with E-state index in [9.17, 15) is 19.2 Å². The van der Waals surface area contributed by atoms with E-state index in [1.807, 2.05) is 54.6 Å². The lowest BCUT2D eigenvalue weighted by atomic mass is 9.84. The molecule has 0 spiro atoms. The Bertz CT molecular complexity index is 1980. The molecule has 0 bridgehead atoms. The first-order valence-corrected chi connectivity index (χ1v) is 13.8. The molecule has 1 aliphatic heterocycles. The summed E-state index contributed by atoms with van der Waals surface area (Å²) in [5.74, 6) is -2.34. The number of carbonyl (C=O) groups is 4. The molecular weight excluding hydrogens is 528 g/mol. The van der Waals surface area contributed by atoms with E-state index in [2.05, 4.69) is 29.6 Å². The molecule has 7 heteroatoms. The SMILES string of the molecule is COC(=O)[C@@H](C)NC(=O)[C@@H](Cc1ccccc1)N1C(=O)c2ccc3c4cccc5cccc(c6ccc(c2c36)C1=O)c54. The second-order valence-corrected chi connectivity index (χ2v) is 10.7. The molecule has 0 aliphatic carbocycles. The maximum atomic E-state index is 14.2. The predicted octanol–water partition coefficient (Wildman–Crippen LogP) is 5.62. The molecule has 1 aliphatic rings. The molecule has 1 heterocycles. The van der Waals surface area contributed by atoms with Gasteiger partial charge in [0.15, 0.2) is 0 Å². The highest BCUT2D eigenvalue weighted by Crippen LogP contribution is 2.44. The monoisotopic (exact) mass is 554 g/mol. The minimum atomic E-state index is -1.19. The summed E-state index contributed by atoms with van der Waals surface area (Å²) < 4.78 is 4.77. The van der Waals surface area contributed by atoms with Crippen molar-refractivity contribution in [3.05, 3.63) is 108 Å². The van der Waals surface area contributed by atoms with Crippen molar-refractivity contribution in [1.29, 1.82) is 0 Å². The molecular formula is C35H26N2O5. The Hall–Kier alpha value is -5.30. The highest BCUT2D eigenvalue weighted by Gasteiger charge is 2.41. The molecule has 1 N–H and O–H groups in total. The third-order valence-corrected chi connectivity index (χ3v) is 8.34. The molecule has 0 fully saturated rings. The Morgan fingerprint density at radius 3 is 1.86 bits per heavy atom. The van der Waals surface area contributed by atoms with E-state index in [0.29, 0.717) is 16.5 Å². The number of benzene rings is 6. The maximum absolute atomic E-state index is 14.2. The molecule has 3 amide bonds. The van der Waals surface area contributed by atoms with Gasteiger partial charge in [0.25, 0.3) is 11.8 Å². The lowest BCUT2D eigenvalue weighted by molar-refractivity contribution is -0.145. The van der Waals surface area contributed by atoms with Gasteiger partial charge in [-0.15, -0.1) is 0 Å². The van der Waals surface area contributed by atoms with Gasteiger partial charge in [-0.05, 0) is 62.3 Å². The van der Waals surface area contributed by atoms with Crippen LogP contribution in [-0.2, 0) is 20.7 Å². The van der Waals surface area contributed by atoms with Crippen molar-refractivity contribution in [2.75, 3.05) is 7.11 Å². The number of amides is 3. The highest BCUT2D eigenvalue weighted by atomic mass is 16.5. The summed E-state index contributed by atoms with van der Waals surface area (Å²) in [5.41, 5.74) is 1.50. The van der Waals surface area contributed by atoms with Gasteiger partial charge < -0.3 is 10.1 Å². The number of nitrogens with zero attached hydrogens (tertiary/aromatic N) is 1. The fourth-order valence-electron chi connectivity index (χ4n) is 6.41. The first-order valence-electron chi connectivity index (χ1n) is 13.8. The topological polar surface area (TPSA) is 92.8 Å². The Morgan fingerprint density at radius 1 is 0.714 bits per heavy atom. The van der Waals surface area contributed by atoms with Crippen molar-refractivity contribution >= 4 is 66.8 Å². The summed E-state index contributed by atoms with van der Waals surface area (Å²) in [6, 6.07) is 26.8.